The maximum absolute atomic E-state index is 10.6. The summed E-state index contributed by atoms with van der Waals surface area (Å²) in [5.74, 6) is -0.519. The number of nitrogens with zero attached hydrogens (tertiary/aromatic N) is 2. The molecule has 12 heavy (non-hydrogen) atoms. The zero-order valence-electron chi connectivity index (χ0n) is 6.40. The van der Waals surface area contributed by atoms with Crippen LogP contribution in [-0.2, 0) is 4.79 Å². The number of carbonyl (C=O) groups excluding carboxylic acids is 1. The molecule has 64 valence electrons. The Kier molecular flexibility index (Phi) is 2.09. The van der Waals surface area contributed by atoms with Crippen molar-refractivity contribution in [2.75, 3.05) is 11.1 Å². The number of rotatable bonds is 1. The van der Waals surface area contributed by atoms with Crippen LogP contribution in [0.2, 0.25) is 0 Å². The van der Waals surface area contributed by atoms with Crippen molar-refractivity contribution >= 4 is 17.7 Å². The van der Waals surface area contributed by atoms with Crippen LogP contribution in [0.15, 0.2) is 6.20 Å². The van der Waals surface area contributed by atoms with E-state index >= 15 is 0 Å². The van der Waals surface area contributed by atoms with E-state index in [9.17, 15) is 4.79 Å². The Balaban J connectivity index is 2.97. The van der Waals surface area contributed by atoms with Gasteiger partial charge in [-0.25, -0.2) is 4.98 Å². The monoisotopic (exact) mass is 168 g/mol. The van der Waals surface area contributed by atoms with Gasteiger partial charge in [-0.1, -0.05) is 0 Å². The number of hydrogen-bond donors (Lipinski definition) is 3. The summed E-state index contributed by atoms with van der Waals surface area (Å²) in [6.07, 6.45) is 1.12. The lowest BCUT2D eigenvalue weighted by atomic mass is 10.5. The molecule has 4 N–H and O–H groups in total. The molecule has 0 bridgehead atoms. The molecule has 0 unspecified atom stereocenters. The van der Waals surface area contributed by atoms with Gasteiger partial charge in [0, 0.05) is 6.92 Å². The van der Waals surface area contributed by atoms with E-state index in [1.165, 1.54) is 6.92 Å². The van der Waals surface area contributed by atoms with Crippen molar-refractivity contribution in [1.29, 1.82) is 0 Å². The van der Waals surface area contributed by atoms with Gasteiger partial charge in [-0.2, -0.15) is 4.98 Å². The van der Waals surface area contributed by atoms with Gasteiger partial charge in [-0.3, -0.25) is 4.79 Å². The molecule has 0 aromatic carbocycles. The zero-order chi connectivity index (χ0) is 9.14. The second kappa shape index (κ2) is 3.04. The summed E-state index contributed by atoms with van der Waals surface area (Å²) in [4.78, 5) is 17.7. The topological polar surface area (TPSA) is 101 Å². The number of hydrogen-bond acceptors (Lipinski definition) is 5. The molecular formula is C6H8N4O2. The molecule has 0 spiro atoms. The smallest absolute Gasteiger partial charge is 0.222 e. The molecule has 1 aromatic heterocycles. The summed E-state index contributed by atoms with van der Waals surface area (Å²) in [5, 5.41) is 11.4. The average Bonchev–Trinajstić information content (AvgIpc) is 1.96. The fraction of sp³-hybridized carbons (Fsp3) is 0.167. The second-order valence-electron chi connectivity index (χ2n) is 2.14. The normalized spacial score (nSPS) is 9.42. The molecule has 1 amide bonds. The fourth-order valence-corrected chi connectivity index (χ4v) is 0.648. The Morgan fingerprint density at radius 2 is 2.42 bits per heavy atom. The zero-order valence-corrected chi connectivity index (χ0v) is 6.40. The van der Waals surface area contributed by atoms with Crippen LogP contribution in [0.4, 0.5) is 11.8 Å². The first kappa shape index (κ1) is 8.25. The first-order chi connectivity index (χ1) is 5.59. The molecule has 1 aromatic rings. The predicted octanol–water partition coefficient (Wildman–Crippen LogP) is -0.277. The van der Waals surface area contributed by atoms with Crippen molar-refractivity contribution in [3.8, 4) is 5.75 Å². The number of nitrogens with one attached hydrogen (secondary N) is 1. The van der Waals surface area contributed by atoms with Crippen LogP contribution in [0.25, 0.3) is 0 Å². The van der Waals surface area contributed by atoms with E-state index in [0.29, 0.717) is 0 Å². The minimum atomic E-state index is -0.330. The number of aromatic hydroxyl groups is 1. The van der Waals surface area contributed by atoms with Gasteiger partial charge < -0.3 is 16.2 Å². The van der Waals surface area contributed by atoms with Crippen LogP contribution in [-0.4, -0.2) is 21.0 Å². The molecule has 0 aliphatic rings. The van der Waals surface area contributed by atoms with E-state index in [1.54, 1.807) is 0 Å². The summed E-state index contributed by atoms with van der Waals surface area (Å²) < 4.78 is 0. The van der Waals surface area contributed by atoms with E-state index in [0.717, 1.165) is 6.20 Å². The quantitative estimate of drug-likeness (QED) is 0.535. The van der Waals surface area contributed by atoms with Crippen LogP contribution in [0.5, 0.6) is 5.75 Å². The minimum Gasteiger partial charge on any atom is -0.503 e. The Hall–Kier alpha value is -1.85. The minimum absolute atomic E-state index is 0.00319. The third-order valence-corrected chi connectivity index (χ3v) is 1.08. The van der Waals surface area contributed by atoms with Crippen LogP contribution in [0.3, 0.4) is 0 Å². The Morgan fingerprint density at radius 3 is 3.00 bits per heavy atom. The lowest BCUT2D eigenvalue weighted by Gasteiger charge is -2.02. The molecule has 0 radical (unpaired) electrons. The number of anilines is 2. The summed E-state index contributed by atoms with van der Waals surface area (Å²) >= 11 is 0. The second-order valence-corrected chi connectivity index (χ2v) is 2.14. The van der Waals surface area contributed by atoms with Crippen molar-refractivity contribution < 1.29 is 9.90 Å². The number of amides is 1. The third kappa shape index (κ3) is 1.82. The molecule has 6 heteroatoms. The molecule has 0 fully saturated rings. The van der Waals surface area contributed by atoms with Crippen LogP contribution in [0.1, 0.15) is 6.92 Å². The van der Waals surface area contributed by atoms with Gasteiger partial charge in [0.1, 0.15) is 0 Å². The number of nitrogen functional groups attached to an aromatic ring is 1. The summed E-state index contributed by atoms with van der Waals surface area (Å²) in [5.41, 5.74) is 5.22. The maximum atomic E-state index is 10.6. The van der Waals surface area contributed by atoms with Crippen LogP contribution < -0.4 is 11.1 Å². The predicted molar refractivity (Wildman–Crippen MR) is 42.4 cm³/mol. The van der Waals surface area contributed by atoms with E-state index in [1.807, 2.05) is 0 Å². The molecule has 0 saturated heterocycles. The van der Waals surface area contributed by atoms with E-state index in [2.05, 4.69) is 15.3 Å². The van der Waals surface area contributed by atoms with Crippen molar-refractivity contribution in [1.82, 2.24) is 9.97 Å². The lowest BCUT2D eigenvalue weighted by molar-refractivity contribution is -0.114. The van der Waals surface area contributed by atoms with Crippen molar-refractivity contribution in [3.05, 3.63) is 6.20 Å². The lowest BCUT2D eigenvalue weighted by Crippen LogP contribution is -2.09. The third-order valence-electron chi connectivity index (χ3n) is 1.08. The number of carbonyl (C=O) groups is 1. The van der Waals surface area contributed by atoms with Gasteiger partial charge in [-0.05, 0) is 0 Å². The van der Waals surface area contributed by atoms with Gasteiger partial charge in [0.15, 0.2) is 11.6 Å². The Bertz CT molecular complexity index is 312. The highest BCUT2D eigenvalue weighted by atomic mass is 16.3. The van der Waals surface area contributed by atoms with Crippen LogP contribution in [0, 0.1) is 0 Å². The summed E-state index contributed by atoms with van der Waals surface area (Å²) in [7, 11) is 0. The summed E-state index contributed by atoms with van der Waals surface area (Å²) in [6, 6.07) is 0. The van der Waals surface area contributed by atoms with E-state index in [-0.39, 0.29) is 23.4 Å². The molecule has 0 aliphatic heterocycles. The average molecular weight is 168 g/mol. The highest BCUT2D eigenvalue weighted by Gasteiger charge is 2.04. The molecule has 1 rings (SSSR count). The van der Waals surface area contributed by atoms with Crippen molar-refractivity contribution in [3.63, 3.8) is 0 Å². The molecule has 0 saturated carbocycles. The largest absolute Gasteiger partial charge is 0.503 e. The van der Waals surface area contributed by atoms with Gasteiger partial charge in [-0.15, -0.1) is 0 Å². The number of nitrogens with two attached hydrogens (primary N) is 1. The van der Waals surface area contributed by atoms with Gasteiger partial charge in [0.05, 0.1) is 6.20 Å². The highest BCUT2D eigenvalue weighted by Crippen LogP contribution is 2.18. The Labute approximate surface area is 68.4 Å². The standard InChI is InChI=1S/C6H8N4O2/c1-3(11)9-5-4(12)2-8-6(7)10-5/h2,12H,1H3,(H3,7,8,9,10,11). The molecular weight excluding hydrogens is 160 g/mol. The van der Waals surface area contributed by atoms with E-state index in [4.69, 9.17) is 10.8 Å². The van der Waals surface area contributed by atoms with Crippen molar-refractivity contribution in [2.24, 2.45) is 0 Å². The van der Waals surface area contributed by atoms with Gasteiger partial charge in [0.25, 0.3) is 0 Å². The maximum Gasteiger partial charge on any atom is 0.222 e. The molecule has 1 heterocycles. The van der Waals surface area contributed by atoms with Gasteiger partial charge in [0.2, 0.25) is 11.9 Å². The SMILES string of the molecule is CC(=O)Nc1nc(N)ncc1O. The first-order valence-electron chi connectivity index (χ1n) is 3.18. The van der Waals surface area contributed by atoms with Gasteiger partial charge >= 0.3 is 0 Å². The molecule has 6 nitrogen and oxygen atoms in total. The highest BCUT2D eigenvalue weighted by molar-refractivity contribution is 5.89. The molecule has 0 aliphatic carbocycles. The van der Waals surface area contributed by atoms with Crippen LogP contribution >= 0.6 is 0 Å². The fourth-order valence-electron chi connectivity index (χ4n) is 0.648. The molecule has 0 atom stereocenters. The summed E-state index contributed by atoms with van der Waals surface area (Å²) in [6.45, 7) is 1.30. The van der Waals surface area contributed by atoms with E-state index < -0.39 is 0 Å². The Morgan fingerprint density at radius 1 is 1.75 bits per heavy atom. The number of aromatic nitrogens is 2. The van der Waals surface area contributed by atoms with Crippen molar-refractivity contribution in [2.45, 2.75) is 6.92 Å². The first-order valence-corrected chi connectivity index (χ1v) is 3.18.